The smallest absolute Gasteiger partial charge is 0.00183 e. The molecule has 2 heteroatoms. The van der Waals surface area contributed by atoms with Crippen LogP contribution in [-0.4, -0.2) is 49.1 Å². The lowest BCUT2D eigenvalue weighted by molar-refractivity contribution is 0.321. The third-order valence-corrected chi connectivity index (χ3v) is 4.56. The minimum atomic E-state index is 1.19. The topological polar surface area (TPSA) is 6.48 Å². The van der Waals surface area contributed by atoms with Crippen LogP contribution in [0.4, 0.5) is 0 Å². The highest BCUT2D eigenvalue weighted by molar-refractivity contribution is 5.11. The molecule has 0 amide bonds. The Labute approximate surface area is 152 Å². The minimum absolute atomic E-state index is 1.19. The highest BCUT2D eigenvalue weighted by atomic mass is 15.1. The van der Waals surface area contributed by atoms with Crippen molar-refractivity contribution in [3.05, 3.63) is 35.9 Å². The zero-order chi connectivity index (χ0) is 18.0. The maximum atomic E-state index is 2.59. The quantitative estimate of drug-likeness (QED) is 0.597. The van der Waals surface area contributed by atoms with E-state index in [-0.39, 0.29) is 0 Å². The van der Waals surface area contributed by atoms with Gasteiger partial charge in [-0.15, -0.1) is 0 Å². The van der Waals surface area contributed by atoms with Crippen LogP contribution in [0.5, 0.6) is 0 Å². The van der Waals surface area contributed by atoms with Gasteiger partial charge < -0.3 is 9.80 Å². The molecule has 0 N–H and O–H groups in total. The van der Waals surface area contributed by atoms with Gasteiger partial charge in [0, 0.05) is 0 Å². The molecule has 0 spiro atoms. The number of hydrogen-bond acceptors (Lipinski definition) is 2. The van der Waals surface area contributed by atoms with E-state index in [1.807, 2.05) is 18.2 Å². The van der Waals surface area contributed by atoms with Crippen LogP contribution in [0.3, 0.4) is 0 Å². The molecule has 0 saturated carbocycles. The first kappa shape index (κ1) is 23.1. The van der Waals surface area contributed by atoms with Crippen molar-refractivity contribution in [1.82, 2.24) is 9.80 Å². The molecule has 0 atom stereocenters. The molecular formula is C22H42N2. The Bertz CT molecular complexity index is 335. The van der Waals surface area contributed by atoms with E-state index in [1.165, 1.54) is 76.9 Å². The van der Waals surface area contributed by atoms with E-state index in [4.69, 9.17) is 0 Å². The Hall–Kier alpha value is -0.860. The zero-order valence-electron chi connectivity index (χ0n) is 17.1. The summed E-state index contributed by atoms with van der Waals surface area (Å²) in [5.74, 6) is 0. The summed E-state index contributed by atoms with van der Waals surface area (Å²) in [7, 11) is 0. The fourth-order valence-corrected chi connectivity index (χ4v) is 2.80. The molecule has 1 aromatic carbocycles. The van der Waals surface area contributed by atoms with E-state index < -0.39 is 0 Å². The standard InChI is InChI=1S/C9H19N.C7H8.C6H15N/c1-2-3-4-7-10-8-5-6-9-10;1-7-5-3-2-4-6-7;1-4-7(5-2)6-3/h2-9H2,1H3;2-6H,1H3;4-6H2,1-3H3. The first-order valence-electron chi connectivity index (χ1n) is 10.1. The molecule has 140 valence electrons. The number of rotatable bonds is 7. The van der Waals surface area contributed by atoms with Crippen molar-refractivity contribution in [3.8, 4) is 0 Å². The van der Waals surface area contributed by atoms with Crippen molar-refractivity contribution in [2.75, 3.05) is 39.3 Å². The number of hydrogen-bond donors (Lipinski definition) is 0. The molecule has 1 aliphatic heterocycles. The van der Waals surface area contributed by atoms with E-state index in [9.17, 15) is 0 Å². The molecule has 2 rings (SSSR count). The summed E-state index contributed by atoms with van der Waals surface area (Å²) in [6.07, 6.45) is 7.05. The lowest BCUT2D eigenvalue weighted by Gasteiger charge is -2.13. The Morgan fingerprint density at radius 3 is 1.71 bits per heavy atom. The second-order valence-electron chi connectivity index (χ2n) is 6.53. The third-order valence-electron chi connectivity index (χ3n) is 4.56. The maximum absolute atomic E-state index is 2.59. The lowest BCUT2D eigenvalue weighted by atomic mass is 10.2. The normalized spacial score (nSPS) is 13.9. The molecule has 0 aromatic heterocycles. The van der Waals surface area contributed by atoms with Crippen LogP contribution >= 0.6 is 0 Å². The van der Waals surface area contributed by atoms with Gasteiger partial charge in [-0.1, -0.05) is 76.4 Å². The molecule has 0 radical (unpaired) electrons. The summed E-state index contributed by atoms with van der Waals surface area (Å²) in [6, 6.07) is 10.3. The van der Waals surface area contributed by atoms with Crippen molar-refractivity contribution in [2.24, 2.45) is 0 Å². The average molecular weight is 335 g/mol. The van der Waals surface area contributed by atoms with E-state index >= 15 is 0 Å². The van der Waals surface area contributed by atoms with Crippen molar-refractivity contribution in [1.29, 1.82) is 0 Å². The molecule has 0 aliphatic carbocycles. The fraction of sp³-hybridized carbons (Fsp3) is 0.727. The van der Waals surface area contributed by atoms with Crippen LogP contribution in [0, 0.1) is 6.92 Å². The minimum Gasteiger partial charge on any atom is -0.304 e. The number of benzene rings is 1. The summed E-state index contributed by atoms with van der Waals surface area (Å²) in [6.45, 7) is 18.6. The second kappa shape index (κ2) is 17.0. The molecule has 2 nitrogen and oxygen atoms in total. The maximum Gasteiger partial charge on any atom is -0.00183 e. The Kier molecular flexibility index (Phi) is 16.4. The van der Waals surface area contributed by atoms with Crippen LogP contribution < -0.4 is 0 Å². The van der Waals surface area contributed by atoms with E-state index in [2.05, 4.69) is 56.6 Å². The summed E-state index contributed by atoms with van der Waals surface area (Å²) in [4.78, 5) is 4.97. The van der Waals surface area contributed by atoms with Crippen LogP contribution in [0.15, 0.2) is 30.3 Å². The summed E-state index contributed by atoms with van der Waals surface area (Å²) < 4.78 is 0. The number of unbranched alkanes of at least 4 members (excludes halogenated alkanes) is 2. The molecule has 0 unspecified atom stereocenters. The summed E-state index contributed by atoms with van der Waals surface area (Å²) >= 11 is 0. The van der Waals surface area contributed by atoms with Gasteiger partial charge in [-0.3, -0.25) is 0 Å². The SMILES string of the molecule is CCCCCN1CCCC1.CCN(CC)CC.Cc1ccccc1. The van der Waals surface area contributed by atoms with Crippen LogP contribution in [0.25, 0.3) is 0 Å². The van der Waals surface area contributed by atoms with Crippen LogP contribution in [0.1, 0.15) is 65.4 Å². The highest BCUT2D eigenvalue weighted by Gasteiger charge is 2.09. The Balaban J connectivity index is 0.000000340. The molecule has 1 saturated heterocycles. The van der Waals surface area contributed by atoms with Gasteiger partial charge in [0.05, 0.1) is 0 Å². The molecule has 1 aromatic rings. The molecule has 0 bridgehead atoms. The molecule has 1 fully saturated rings. The largest absolute Gasteiger partial charge is 0.304 e. The van der Waals surface area contributed by atoms with Gasteiger partial charge in [-0.05, 0) is 65.5 Å². The van der Waals surface area contributed by atoms with Crippen molar-refractivity contribution in [3.63, 3.8) is 0 Å². The first-order chi connectivity index (χ1) is 11.7. The Morgan fingerprint density at radius 1 is 0.833 bits per heavy atom. The average Bonchev–Trinajstić information content (AvgIpc) is 3.12. The molecule has 24 heavy (non-hydrogen) atoms. The summed E-state index contributed by atoms with van der Waals surface area (Å²) in [5.41, 5.74) is 1.32. The summed E-state index contributed by atoms with van der Waals surface area (Å²) in [5, 5.41) is 0. The van der Waals surface area contributed by atoms with Gasteiger partial charge in [0.2, 0.25) is 0 Å². The monoisotopic (exact) mass is 334 g/mol. The molecule has 1 heterocycles. The van der Waals surface area contributed by atoms with E-state index in [0.29, 0.717) is 0 Å². The van der Waals surface area contributed by atoms with Gasteiger partial charge >= 0.3 is 0 Å². The number of likely N-dealkylation sites (tertiary alicyclic amines) is 1. The number of nitrogens with zero attached hydrogens (tertiary/aromatic N) is 2. The van der Waals surface area contributed by atoms with E-state index in [0.717, 1.165) is 0 Å². The van der Waals surface area contributed by atoms with Crippen molar-refractivity contribution < 1.29 is 0 Å². The zero-order valence-corrected chi connectivity index (χ0v) is 17.1. The number of aryl methyl sites for hydroxylation is 1. The van der Waals surface area contributed by atoms with Gasteiger partial charge in [0.25, 0.3) is 0 Å². The van der Waals surface area contributed by atoms with Gasteiger partial charge in [-0.2, -0.15) is 0 Å². The van der Waals surface area contributed by atoms with Gasteiger partial charge in [0.1, 0.15) is 0 Å². The molecular weight excluding hydrogens is 292 g/mol. The highest BCUT2D eigenvalue weighted by Crippen LogP contribution is 2.08. The predicted octanol–water partition coefficient (Wildman–Crippen LogP) is 5.62. The van der Waals surface area contributed by atoms with Gasteiger partial charge in [-0.25, -0.2) is 0 Å². The molecule has 1 aliphatic rings. The van der Waals surface area contributed by atoms with Gasteiger partial charge in [0.15, 0.2) is 0 Å². The fourth-order valence-electron chi connectivity index (χ4n) is 2.80. The third kappa shape index (κ3) is 13.6. The lowest BCUT2D eigenvalue weighted by Crippen LogP contribution is -2.21. The van der Waals surface area contributed by atoms with Crippen molar-refractivity contribution >= 4 is 0 Å². The van der Waals surface area contributed by atoms with Crippen LogP contribution in [0.2, 0.25) is 0 Å². The first-order valence-corrected chi connectivity index (χ1v) is 10.1. The Morgan fingerprint density at radius 2 is 1.38 bits per heavy atom. The van der Waals surface area contributed by atoms with E-state index in [1.54, 1.807) is 0 Å². The second-order valence-corrected chi connectivity index (χ2v) is 6.53. The van der Waals surface area contributed by atoms with Crippen LogP contribution in [-0.2, 0) is 0 Å². The van der Waals surface area contributed by atoms with Crippen molar-refractivity contribution in [2.45, 2.75) is 66.7 Å². The predicted molar refractivity (Wildman–Crippen MR) is 110 cm³/mol.